The minimum atomic E-state index is -0.185. The lowest BCUT2D eigenvalue weighted by molar-refractivity contribution is 0.147. The molecule has 1 aromatic heterocycles. The van der Waals surface area contributed by atoms with Crippen molar-refractivity contribution in [3.05, 3.63) is 47.3 Å². The fraction of sp³-hybridized carbons (Fsp3) is 0.500. The van der Waals surface area contributed by atoms with Crippen LogP contribution in [0, 0.1) is 12.7 Å². The summed E-state index contributed by atoms with van der Waals surface area (Å²) in [7, 11) is 0. The van der Waals surface area contributed by atoms with Crippen LogP contribution < -0.4 is 5.32 Å². The van der Waals surface area contributed by atoms with Crippen LogP contribution in [-0.2, 0) is 13.1 Å². The highest BCUT2D eigenvalue weighted by atomic mass is 19.1. The highest BCUT2D eigenvalue weighted by molar-refractivity contribution is 5.21. The van der Waals surface area contributed by atoms with E-state index in [4.69, 9.17) is 0 Å². The predicted octanol–water partition coefficient (Wildman–Crippen LogP) is 1.89. The van der Waals surface area contributed by atoms with Crippen LogP contribution in [0.2, 0.25) is 0 Å². The molecule has 6 heteroatoms. The Morgan fingerprint density at radius 3 is 3.00 bits per heavy atom. The summed E-state index contributed by atoms with van der Waals surface area (Å²) in [5.41, 5.74) is 1.01. The van der Waals surface area contributed by atoms with Gasteiger partial charge >= 0.3 is 0 Å². The number of aromatic nitrogens is 3. The van der Waals surface area contributed by atoms with Crippen LogP contribution in [0.4, 0.5) is 4.39 Å². The van der Waals surface area contributed by atoms with Crippen molar-refractivity contribution in [2.45, 2.75) is 33.0 Å². The molecule has 1 aliphatic heterocycles. The zero-order chi connectivity index (χ0) is 15.5. The molecule has 0 aliphatic carbocycles. The quantitative estimate of drug-likeness (QED) is 0.937. The van der Waals surface area contributed by atoms with Crippen LogP contribution >= 0.6 is 0 Å². The number of hydrogen-bond acceptors (Lipinski definition) is 4. The van der Waals surface area contributed by atoms with Gasteiger partial charge in [0.15, 0.2) is 0 Å². The summed E-state index contributed by atoms with van der Waals surface area (Å²) < 4.78 is 15.7. The molecule has 0 spiro atoms. The van der Waals surface area contributed by atoms with Gasteiger partial charge in [-0.1, -0.05) is 12.1 Å². The van der Waals surface area contributed by atoms with Crippen molar-refractivity contribution in [2.75, 3.05) is 19.6 Å². The average molecular weight is 303 g/mol. The standard InChI is InChI=1S/C16H22FN5/c1-3-22-12(2)19-20-16(22)11-21-8-7-18-10-15(21)13-5-4-6-14(17)9-13/h4-6,9,15,18H,3,7-8,10-11H2,1-2H3. The summed E-state index contributed by atoms with van der Waals surface area (Å²) in [6, 6.07) is 7.04. The summed E-state index contributed by atoms with van der Waals surface area (Å²) >= 11 is 0. The number of nitrogens with one attached hydrogen (secondary N) is 1. The maximum atomic E-state index is 13.5. The topological polar surface area (TPSA) is 46.0 Å². The van der Waals surface area contributed by atoms with Gasteiger partial charge < -0.3 is 9.88 Å². The summed E-state index contributed by atoms with van der Waals surface area (Å²) in [6.45, 7) is 8.34. The first-order chi connectivity index (χ1) is 10.7. The van der Waals surface area contributed by atoms with Crippen LogP contribution in [0.3, 0.4) is 0 Å². The second kappa shape index (κ2) is 6.54. The third-order valence-electron chi connectivity index (χ3n) is 4.26. The Morgan fingerprint density at radius 1 is 1.36 bits per heavy atom. The summed E-state index contributed by atoms with van der Waals surface area (Å²) in [6.07, 6.45) is 0. The molecule has 1 N–H and O–H groups in total. The van der Waals surface area contributed by atoms with Crippen molar-refractivity contribution < 1.29 is 4.39 Å². The monoisotopic (exact) mass is 303 g/mol. The van der Waals surface area contributed by atoms with Gasteiger partial charge in [-0.15, -0.1) is 10.2 Å². The Morgan fingerprint density at radius 2 is 2.23 bits per heavy atom. The van der Waals surface area contributed by atoms with Crippen molar-refractivity contribution in [1.29, 1.82) is 0 Å². The first kappa shape index (κ1) is 15.1. The molecule has 118 valence electrons. The molecule has 2 aromatic rings. The summed E-state index contributed by atoms with van der Waals surface area (Å²) in [4.78, 5) is 2.35. The van der Waals surface area contributed by atoms with E-state index in [1.807, 2.05) is 13.0 Å². The Labute approximate surface area is 130 Å². The number of nitrogens with zero attached hydrogens (tertiary/aromatic N) is 4. The van der Waals surface area contributed by atoms with Crippen LogP contribution in [0.5, 0.6) is 0 Å². The highest BCUT2D eigenvalue weighted by Crippen LogP contribution is 2.24. The minimum Gasteiger partial charge on any atom is -0.314 e. The molecule has 0 saturated carbocycles. The SMILES string of the molecule is CCn1c(C)nnc1CN1CCNCC1c1cccc(F)c1. The first-order valence-corrected chi connectivity index (χ1v) is 7.78. The van der Waals surface area contributed by atoms with Crippen LogP contribution in [0.15, 0.2) is 24.3 Å². The second-order valence-corrected chi connectivity index (χ2v) is 5.65. The Balaban J connectivity index is 1.83. The van der Waals surface area contributed by atoms with Crippen molar-refractivity contribution >= 4 is 0 Å². The molecule has 1 atom stereocenters. The van der Waals surface area contributed by atoms with Crippen molar-refractivity contribution in [1.82, 2.24) is 25.0 Å². The second-order valence-electron chi connectivity index (χ2n) is 5.65. The zero-order valence-electron chi connectivity index (χ0n) is 13.1. The molecule has 0 bridgehead atoms. The van der Waals surface area contributed by atoms with E-state index in [1.165, 1.54) is 6.07 Å². The van der Waals surface area contributed by atoms with E-state index in [0.29, 0.717) is 0 Å². The zero-order valence-corrected chi connectivity index (χ0v) is 13.1. The third-order valence-corrected chi connectivity index (χ3v) is 4.26. The molecule has 1 saturated heterocycles. The highest BCUT2D eigenvalue weighted by Gasteiger charge is 2.25. The molecule has 2 heterocycles. The van der Waals surface area contributed by atoms with Gasteiger partial charge in [-0.05, 0) is 31.5 Å². The fourth-order valence-electron chi connectivity index (χ4n) is 3.11. The third kappa shape index (κ3) is 3.03. The van der Waals surface area contributed by atoms with Crippen LogP contribution in [0.1, 0.15) is 30.2 Å². The lowest BCUT2D eigenvalue weighted by Gasteiger charge is -2.36. The number of halogens is 1. The molecule has 1 aliphatic rings. The van der Waals surface area contributed by atoms with Gasteiger partial charge in [0.25, 0.3) is 0 Å². The Bertz CT molecular complexity index is 639. The Kier molecular flexibility index (Phi) is 4.49. The maximum Gasteiger partial charge on any atom is 0.147 e. The fourth-order valence-corrected chi connectivity index (χ4v) is 3.11. The molecule has 3 rings (SSSR count). The van der Waals surface area contributed by atoms with Gasteiger partial charge in [0, 0.05) is 32.2 Å². The first-order valence-electron chi connectivity index (χ1n) is 7.78. The van der Waals surface area contributed by atoms with Crippen LogP contribution in [0.25, 0.3) is 0 Å². The molecule has 1 unspecified atom stereocenters. The van der Waals surface area contributed by atoms with Gasteiger partial charge in [-0.3, -0.25) is 4.90 Å². The summed E-state index contributed by atoms with van der Waals surface area (Å²) in [5.74, 6) is 1.73. The van der Waals surface area contributed by atoms with Crippen molar-refractivity contribution in [3.63, 3.8) is 0 Å². The normalized spacial score (nSPS) is 19.5. The van der Waals surface area contributed by atoms with Gasteiger partial charge in [0.2, 0.25) is 0 Å². The molecular weight excluding hydrogens is 281 g/mol. The van der Waals surface area contributed by atoms with Gasteiger partial charge in [0.1, 0.15) is 17.5 Å². The molecule has 1 fully saturated rings. The largest absolute Gasteiger partial charge is 0.314 e. The molecule has 5 nitrogen and oxygen atoms in total. The van der Waals surface area contributed by atoms with Gasteiger partial charge in [-0.25, -0.2) is 4.39 Å². The van der Waals surface area contributed by atoms with E-state index in [1.54, 1.807) is 12.1 Å². The lowest BCUT2D eigenvalue weighted by Crippen LogP contribution is -2.45. The van der Waals surface area contributed by atoms with E-state index in [-0.39, 0.29) is 11.9 Å². The van der Waals surface area contributed by atoms with Crippen molar-refractivity contribution in [3.8, 4) is 0 Å². The number of benzene rings is 1. The molecule has 22 heavy (non-hydrogen) atoms. The average Bonchev–Trinajstić information content (AvgIpc) is 2.88. The van der Waals surface area contributed by atoms with Crippen molar-refractivity contribution in [2.24, 2.45) is 0 Å². The maximum absolute atomic E-state index is 13.5. The molecule has 0 amide bonds. The van der Waals surface area contributed by atoms with E-state index < -0.39 is 0 Å². The Hall–Kier alpha value is -1.79. The van der Waals surface area contributed by atoms with E-state index in [0.717, 1.165) is 49.9 Å². The molecule has 0 radical (unpaired) electrons. The van der Waals surface area contributed by atoms with Crippen LogP contribution in [-0.4, -0.2) is 39.3 Å². The van der Waals surface area contributed by atoms with Gasteiger partial charge in [-0.2, -0.15) is 0 Å². The molecular formula is C16H22FN5. The number of aryl methyl sites for hydroxylation is 1. The summed E-state index contributed by atoms with van der Waals surface area (Å²) in [5, 5.41) is 11.9. The number of piperazine rings is 1. The van der Waals surface area contributed by atoms with E-state index in [9.17, 15) is 4.39 Å². The smallest absolute Gasteiger partial charge is 0.147 e. The van der Waals surface area contributed by atoms with E-state index in [2.05, 4.69) is 31.9 Å². The molecule has 1 aromatic carbocycles. The lowest BCUT2D eigenvalue weighted by atomic mass is 10.0. The predicted molar refractivity (Wildman–Crippen MR) is 82.9 cm³/mol. The van der Waals surface area contributed by atoms with E-state index >= 15 is 0 Å². The number of hydrogen-bond donors (Lipinski definition) is 1. The number of rotatable bonds is 4. The van der Waals surface area contributed by atoms with Gasteiger partial charge in [0.05, 0.1) is 6.54 Å². The minimum absolute atomic E-state index is 0.159.